The highest BCUT2D eigenvalue weighted by atomic mass is 32.2. The minimum absolute atomic E-state index is 0.272. The number of sulfonamides is 1. The quantitative estimate of drug-likeness (QED) is 0.821. The molecule has 0 amide bonds. The number of fused-ring (bicyclic) bond motifs is 1. The lowest BCUT2D eigenvalue weighted by Gasteiger charge is -2.34. The maximum Gasteiger partial charge on any atom is 0.243 e. The van der Waals surface area contributed by atoms with Gasteiger partial charge >= 0.3 is 0 Å². The van der Waals surface area contributed by atoms with Gasteiger partial charge in [-0.3, -0.25) is 4.90 Å². The van der Waals surface area contributed by atoms with Gasteiger partial charge in [-0.1, -0.05) is 24.3 Å². The molecule has 2 aromatic rings. The van der Waals surface area contributed by atoms with Crippen LogP contribution in [0.3, 0.4) is 0 Å². The molecule has 0 atom stereocenters. The molecule has 0 N–H and O–H groups in total. The van der Waals surface area contributed by atoms with Gasteiger partial charge in [-0.05, 0) is 36.2 Å². The van der Waals surface area contributed by atoms with Gasteiger partial charge in [0.15, 0.2) is 11.5 Å². The lowest BCUT2D eigenvalue weighted by atomic mass is 10.2. The molecule has 0 saturated carbocycles. The molecule has 2 aromatic carbocycles. The summed E-state index contributed by atoms with van der Waals surface area (Å²) in [6, 6.07) is 13.1. The Bertz CT molecular complexity index is 906. The Balaban J connectivity index is 1.40. The predicted octanol–water partition coefficient (Wildman–Crippen LogP) is 2.23. The molecule has 2 aliphatic rings. The zero-order chi connectivity index (χ0) is 18.1. The highest BCUT2D eigenvalue weighted by Gasteiger charge is 2.29. The van der Waals surface area contributed by atoms with Gasteiger partial charge in [0.05, 0.1) is 4.90 Å². The van der Waals surface area contributed by atoms with Gasteiger partial charge < -0.3 is 9.47 Å². The second kappa shape index (κ2) is 6.90. The Morgan fingerprint density at radius 3 is 2.46 bits per heavy atom. The Labute approximate surface area is 154 Å². The van der Waals surface area contributed by atoms with E-state index in [0.29, 0.717) is 31.1 Å². The molecule has 138 valence electrons. The third-order valence-electron chi connectivity index (χ3n) is 4.89. The van der Waals surface area contributed by atoms with E-state index in [1.165, 1.54) is 0 Å². The van der Waals surface area contributed by atoms with E-state index in [4.69, 9.17) is 9.47 Å². The van der Waals surface area contributed by atoms with Crippen LogP contribution in [0.15, 0.2) is 47.4 Å². The van der Waals surface area contributed by atoms with Crippen LogP contribution in [-0.2, 0) is 16.6 Å². The Kier molecular flexibility index (Phi) is 4.60. The largest absolute Gasteiger partial charge is 0.454 e. The van der Waals surface area contributed by atoms with Gasteiger partial charge in [-0.2, -0.15) is 4.31 Å². The first-order valence-corrected chi connectivity index (χ1v) is 10.1. The standard InChI is InChI=1S/C19H22N2O4S/c1-15-4-2-3-5-19(15)26(22,23)21-10-8-20(9-11-21)13-16-6-7-17-18(12-16)25-14-24-17/h2-7,12H,8-11,13-14H2,1H3. The average molecular weight is 374 g/mol. The van der Waals surface area contributed by atoms with Crippen LogP contribution in [0.2, 0.25) is 0 Å². The fourth-order valence-corrected chi connectivity index (χ4v) is 5.06. The Morgan fingerprint density at radius 2 is 1.69 bits per heavy atom. The van der Waals surface area contributed by atoms with Crippen LogP contribution in [0.25, 0.3) is 0 Å². The first kappa shape index (κ1) is 17.3. The molecule has 2 heterocycles. The van der Waals surface area contributed by atoms with E-state index in [-0.39, 0.29) is 6.79 Å². The van der Waals surface area contributed by atoms with Crippen LogP contribution < -0.4 is 9.47 Å². The molecule has 0 radical (unpaired) electrons. The van der Waals surface area contributed by atoms with Crippen LogP contribution in [0.1, 0.15) is 11.1 Å². The number of aryl methyl sites for hydroxylation is 1. The SMILES string of the molecule is Cc1ccccc1S(=O)(=O)N1CCN(Cc2ccc3c(c2)OCO3)CC1. The molecule has 4 rings (SSSR count). The fourth-order valence-electron chi connectivity index (χ4n) is 3.41. The van der Waals surface area contributed by atoms with Crippen LogP contribution >= 0.6 is 0 Å². The third-order valence-corrected chi connectivity index (χ3v) is 6.94. The molecule has 2 aliphatic heterocycles. The molecular weight excluding hydrogens is 352 g/mol. The first-order valence-electron chi connectivity index (χ1n) is 8.71. The maximum absolute atomic E-state index is 12.9. The number of nitrogens with zero attached hydrogens (tertiary/aromatic N) is 2. The van der Waals surface area contributed by atoms with Gasteiger partial charge in [-0.15, -0.1) is 0 Å². The summed E-state index contributed by atoms with van der Waals surface area (Å²) < 4.78 is 38.1. The fraction of sp³-hybridized carbons (Fsp3) is 0.368. The van der Waals surface area contributed by atoms with Gasteiger partial charge in [-0.25, -0.2) is 8.42 Å². The van der Waals surface area contributed by atoms with Gasteiger partial charge in [0.25, 0.3) is 0 Å². The van der Waals surface area contributed by atoms with Crippen LogP contribution in [-0.4, -0.2) is 50.6 Å². The van der Waals surface area contributed by atoms with Crippen molar-refractivity contribution in [3.8, 4) is 11.5 Å². The monoisotopic (exact) mass is 374 g/mol. The van der Waals surface area contributed by atoms with Crippen molar-refractivity contribution >= 4 is 10.0 Å². The molecule has 0 unspecified atom stereocenters. The molecule has 0 aromatic heterocycles. The van der Waals surface area contributed by atoms with Gasteiger partial charge in [0.2, 0.25) is 16.8 Å². The van der Waals surface area contributed by atoms with E-state index in [1.54, 1.807) is 16.4 Å². The minimum atomic E-state index is -3.43. The third kappa shape index (κ3) is 3.30. The van der Waals surface area contributed by atoms with E-state index >= 15 is 0 Å². The van der Waals surface area contributed by atoms with Crippen molar-refractivity contribution in [3.05, 3.63) is 53.6 Å². The van der Waals surface area contributed by atoms with Crippen LogP contribution in [0.5, 0.6) is 11.5 Å². The molecule has 0 bridgehead atoms. The number of piperazine rings is 1. The molecule has 1 saturated heterocycles. The van der Waals surface area contributed by atoms with Crippen molar-refractivity contribution in [2.45, 2.75) is 18.4 Å². The summed E-state index contributed by atoms with van der Waals surface area (Å²) in [7, 11) is -3.43. The number of rotatable bonds is 4. The first-order chi connectivity index (χ1) is 12.5. The summed E-state index contributed by atoms with van der Waals surface area (Å²) in [6.07, 6.45) is 0. The van der Waals surface area contributed by atoms with Crippen molar-refractivity contribution in [1.82, 2.24) is 9.21 Å². The number of benzene rings is 2. The lowest BCUT2D eigenvalue weighted by Crippen LogP contribution is -2.48. The highest BCUT2D eigenvalue weighted by molar-refractivity contribution is 7.89. The number of ether oxygens (including phenoxy) is 2. The van der Waals surface area contributed by atoms with E-state index in [1.807, 2.05) is 37.3 Å². The summed E-state index contributed by atoms with van der Waals surface area (Å²) in [5.74, 6) is 1.56. The smallest absolute Gasteiger partial charge is 0.243 e. The predicted molar refractivity (Wildman–Crippen MR) is 97.8 cm³/mol. The summed E-state index contributed by atoms with van der Waals surface area (Å²) in [5, 5.41) is 0. The lowest BCUT2D eigenvalue weighted by molar-refractivity contribution is 0.173. The van der Waals surface area contributed by atoms with Crippen LogP contribution in [0, 0.1) is 6.92 Å². The van der Waals surface area contributed by atoms with E-state index in [9.17, 15) is 8.42 Å². The van der Waals surface area contributed by atoms with Crippen LogP contribution in [0.4, 0.5) is 0 Å². The van der Waals surface area contributed by atoms with Crippen molar-refractivity contribution in [2.75, 3.05) is 33.0 Å². The highest BCUT2D eigenvalue weighted by Crippen LogP contribution is 2.33. The van der Waals surface area contributed by atoms with Crippen molar-refractivity contribution in [2.24, 2.45) is 0 Å². The average Bonchev–Trinajstić information content (AvgIpc) is 3.10. The molecule has 0 aliphatic carbocycles. The topological polar surface area (TPSA) is 59.1 Å². The van der Waals surface area contributed by atoms with E-state index < -0.39 is 10.0 Å². The summed E-state index contributed by atoms with van der Waals surface area (Å²) in [6.45, 7) is 5.30. The Morgan fingerprint density at radius 1 is 0.962 bits per heavy atom. The second-order valence-electron chi connectivity index (χ2n) is 6.63. The van der Waals surface area contributed by atoms with Crippen molar-refractivity contribution in [1.29, 1.82) is 0 Å². The number of hydrogen-bond acceptors (Lipinski definition) is 5. The summed E-state index contributed by atoms with van der Waals surface area (Å²) >= 11 is 0. The molecule has 26 heavy (non-hydrogen) atoms. The molecular formula is C19H22N2O4S. The minimum Gasteiger partial charge on any atom is -0.454 e. The number of hydrogen-bond donors (Lipinski definition) is 0. The molecule has 6 nitrogen and oxygen atoms in total. The zero-order valence-electron chi connectivity index (χ0n) is 14.7. The van der Waals surface area contributed by atoms with Crippen molar-refractivity contribution < 1.29 is 17.9 Å². The molecule has 7 heteroatoms. The zero-order valence-corrected chi connectivity index (χ0v) is 15.5. The maximum atomic E-state index is 12.9. The van der Waals surface area contributed by atoms with E-state index in [2.05, 4.69) is 4.90 Å². The Hall–Kier alpha value is -2.09. The molecule has 1 fully saturated rings. The second-order valence-corrected chi connectivity index (χ2v) is 8.54. The van der Waals surface area contributed by atoms with E-state index in [0.717, 1.165) is 29.2 Å². The molecule has 0 spiro atoms. The van der Waals surface area contributed by atoms with Gasteiger partial charge in [0.1, 0.15) is 0 Å². The normalized spacial score (nSPS) is 18.2. The summed E-state index contributed by atoms with van der Waals surface area (Å²) in [4.78, 5) is 2.67. The van der Waals surface area contributed by atoms with Gasteiger partial charge in [0, 0.05) is 32.7 Å². The van der Waals surface area contributed by atoms with Crippen molar-refractivity contribution in [3.63, 3.8) is 0 Å². The summed E-state index contributed by atoms with van der Waals surface area (Å²) in [5.41, 5.74) is 1.93.